The zero-order valence-corrected chi connectivity index (χ0v) is 16.5. The van der Waals surface area contributed by atoms with Crippen LogP contribution in [0.5, 0.6) is 0 Å². The molecule has 0 aromatic heterocycles. The maximum atomic E-state index is 12.9. The number of carbonyl (C=O) groups excluding carboxylic acids is 3. The van der Waals surface area contributed by atoms with E-state index in [9.17, 15) is 14.4 Å². The number of methoxy groups -OCH3 is 2. The highest BCUT2D eigenvalue weighted by Gasteiger charge is 2.19. The predicted octanol–water partition coefficient (Wildman–Crippen LogP) is 3.17. The standard InChI is InChI=1S/C21H28N2O5/c1-27-19(24)14-18(21(26)28-2)23-17-13-9-8-12-16(17)20(25)22-15-10-6-4-3-5-7-11-15/h8-9,12-15,23H,3-7,10-11H2,1-2H3,(H,22,25)/b18-14+. The molecule has 1 aliphatic rings. The van der Waals surface area contributed by atoms with Crippen LogP contribution in [0.2, 0.25) is 0 Å². The average molecular weight is 388 g/mol. The Balaban J connectivity index is 2.18. The van der Waals surface area contributed by atoms with Gasteiger partial charge in [-0.1, -0.05) is 44.2 Å². The zero-order valence-electron chi connectivity index (χ0n) is 16.5. The number of hydrogen-bond acceptors (Lipinski definition) is 6. The van der Waals surface area contributed by atoms with Gasteiger partial charge in [0.15, 0.2) is 0 Å². The van der Waals surface area contributed by atoms with E-state index in [1.807, 2.05) is 0 Å². The Morgan fingerprint density at radius 3 is 2.25 bits per heavy atom. The van der Waals surface area contributed by atoms with E-state index in [0.717, 1.165) is 31.8 Å². The molecule has 7 heteroatoms. The first-order valence-corrected chi connectivity index (χ1v) is 9.60. The highest BCUT2D eigenvalue weighted by molar-refractivity contribution is 6.03. The largest absolute Gasteiger partial charge is 0.466 e. The van der Waals surface area contributed by atoms with Crippen molar-refractivity contribution in [3.63, 3.8) is 0 Å². The molecule has 0 unspecified atom stereocenters. The Labute approximate surface area is 165 Å². The van der Waals surface area contributed by atoms with Crippen molar-refractivity contribution in [1.29, 1.82) is 0 Å². The molecule has 1 aromatic carbocycles. The molecule has 0 saturated heterocycles. The molecule has 1 fully saturated rings. The lowest BCUT2D eigenvalue weighted by molar-refractivity contribution is -0.138. The Morgan fingerprint density at radius 1 is 0.964 bits per heavy atom. The minimum atomic E-state index is -0.736. The molecule has 1 aliphatic carbocycles. The monoisotopic (exact) mass is 388 g/mol. The van der Waals surface area contributed by atoms with E-state index >= 15 is 0 Å². The van der Waals surface area contributed by atoms with Crippen molar-refractivity contribution >= 4 is 23.5 Å². The molecule has 2 rings (SSSR count). The van der Waals surface area contributed by atoms with Crippen molar-refractivity contribution < 1.29 is 23.9 Å². The number of carbonyl (C=O) groups is 3. The number of rotatable bonds is 6. The smallest absolute Gasteiger partial charge is 0.354 e. The fraction of sp³-hybridized carbons (Fsp3) is 0.476. The Bertz CT molecular complexity index is 721. The van der Waals surface area contributed by atoms with Crippen LogP contribution < -0.4 is 10.6 Å². The quantitative estimate of drug-likeness (QED) is 0.574. The SMILES string of the molecule is COC(=O)/C=C(/Nc1ccccc1C(=O)NC1CCCCCCC1)C(=O)OC. The van der Waals surface area contributed by atoms with Gasteiger partial charge in [0, 0.05) is 6.04 Å². The molecule has 0 aliphatic heterocycles. The molecule has 0 spiro atoms. The third kappa shape index (κ3) is 6.40. The summed E-state index contributed by atoms with van der Waals surface area (Å²) in [6.07, 6.45) is 8.81. The van der Waals surface area contributed by atoms with Gasteiger partial charge >= 0.3 is 11.9 Å². The third-order valence-electron chi connectivity index (χ3n) is 4.75. The molecule has 0 heterocycles. The van der Waals surface area contributed by atoms with Gasteiger partial charge in [0.05, 0.1) is 31.5 Å². The van der Waals surface area contributed by atoms with E-state index in [0.29, 0.717) is 11.3 Å². The number of para-hydroxylation sites is 1. The molecule has 1 saturated carbocycles. The molecular formula is C21H28N2O5. The van der Waals surface area contributed by atoms with E-state index in [4.69, 9.17) is 4.74 Å². The number of esters is 2. The number of benzene rings is 1. The minimum absolute atomic E-state index is 0.111. The van der Waals surface area contributed by atoms with Gasteiger partial charge < -0.3 is 20.1 Å². The lowest BCUT2D eigenvalue weighted by Crippen LogP contribution is -2.35. The summed E-state index contributed by atoms with van der Waals surface area (Å²) in [4.78, 5) is 36.4. The molecule has 152 valence electrons. The van der Waals surface area contributed by atoms with E-state index in [-0.39, 0.29) is 17.6 Å². The normalized spacial score (nSPS) is 15.7. The van der Waals surface area contributed by atoms with Crippen LogP contribution in [-0.4, -0.2) is 38.1 Å². The van der Waals surface area contributed by atoms with Gasteiger partial charge in [-0.15, -0.1) is 0 Å². The second-order valence-electron chi connectivity index (χ2n) is 6.76. The summed E-state index contributed by atoms with van der Waals surface area (Å²) < 4.78 is 9.27. The molecule has 0 radical (unpaired) electrons. The summed E-state index contributed by atoms with van der Waals surface area (Å²) in [5, 5.41) is 5.93. The summed E-state index contributed by atoms with van der Waals surface area (Å²) >= 11 is 0. The first-order chi connectivity index (χ1) is 13.5. The third-order valence-corrected chi connectivity index (χ3v) is 4.75. The van der Waals surface area contributed by atoms with Gasteiger partial charge in [-0.2, -0.15) is 0 Å². The van der Waals surface area contributed by atoms with Crippen molar-refractivity contribution in [3.8, 4) is 0 Å². The van der Waals surface area contributed by atoms with Crippen molar-refractivity contribution in [1.82, 2.24) is 5.32 Å². The number of nitrogens with one attached hydrogen (secondary N) is 2. The van der Waals surface area contributed by atoms with Crippen LogP contribution in [0, 0.1) is 0 Å². The van der Waals surface area contributed by atoms with Crippen LogP contribution in [-0.2, 0) is 19.1 Å². The van der Waals surface area contributed by atoms with E-state index in [1.165, 1.54) is 33.5 Å². The van der Waals surface area contributed by atoms with Gasteiger partial charge in [0.2, 0.25) is 0 Å². The van der Waals surface area contributed by atoms with Crippen molar-refractivity contribution in [2.45, 2.75) is 51.0 Å². The second kappa shape index (κ2) is 11.1. The highest BCUT2D eigenvalue weighted by atomic mass is 16.5. The van der Waals surface area contributed by atoms with Crippen LogP contribution in [0.3, 0.4) is 0 Å². The van der Waals surface area contributed by atoms with Crippen molar-refractivity contribution in [2.24, 2.45) is 0 Å². The summed E-state index contributed by atoms with van der Waals surface area (Å²) in [6.45, 7) is 0. The molecule has 28 heavy (non-hydrogen) atoms. The minimum Gasteiger partial charge on any atom is -0.466 e. The van der Waals surface area contributed by atoms with Crippen LogP contribution in [0.15, 0.2) is 36.0 Å². The molecule has 0 atom stereocenters. The zero-order chi connectivity index (χ0) is 20.4. The topological polar surface area (TPSA) is 93.7 Å². The summed E-state index contributed by atoms with van der Waals surface area (Å²) in [5.74, 6) is -1.65. The van der Waals surface area contributed by atoms with Crippen molar-refractivity contribution in [3.05, 3.63) is 41.6 Å². The summed E-state index contributed by atoms with van der Waals surface area (Å²) in [7, 11) is 2.42. The first-order valence-electron chi connectivity index (χ1n) is 9.60. The fourth-order valence-electron chi connectivity index (χ4n) is 3.23. The number of ether oxygens (including phenoxy) is 2. The fourth-order valence-corrected chi connectivity index (χ4v) is 3.23. The first kappa shape index (κ1) is 21.5. The summed E-state index contributed by atoms with van der Waals surface area (Å²) in [6, 6.07) is 6.98. The van der Waals surface area contributed by atoms with E-state index in [2.05, 4.69) is 15.4 Å². The van der Waals surface area contributed by atoms with Crippen LogP contribution in [0.25, 0.3) is 0 Å². The maximum Gasteiger partial charge on any atom is 0.354 e. The molecular weight excluding hydrogens is 360 g/mol. The van der Waals surface area contributed by atoms with Gasteiger partial charge in [-0.05, 0) is 25.0 Å². The van der Waals surface area contributed by atoms with Crippen LogP contribution >= 0.6 is 0 Å². The van der Waals surface area contributed by atoms with Gasteiger partial charge in [0.1, 0.15) is 5.70 Å². The molecule has 1 amide bonds. The second-order valence-corrected chi connectivity index (χ2v) is 6.76. The maximum absolute atomic E-state index is 12.9. The van der Waals surface area contributed by atoms with E-state index < -0.39 is 11.9 Å². The lowest BCUT2D eigenvalue weighted by Gasteiger charge is -2.22. The Kier molecular flexibility index (Phi) is 8.52. The molecule has 1 aromatic rings. The van der Waals surface area contributed by atoms with E-state index in [1.54, 1.807) is 24.3 Å². The molecule has 2 N–H and O–H groups in total. The van der Waals surface area contributed by atoms with Gasteiger partial charge in [0.25, 0.3) is 5.91 Å². The Morgan fingerprint density at radius 2 is 1.61 bits per heavy atom. The molecule has 0 bridgehead atoms. The predicted molar refractivity (Wildman–Crippen MR) is 106 cm³/mol. The van der Waals surface area contributed by atoms with Crippen molar-refractivity contribution in [2.75, 3.05) is 19.5 Å². The van der Waals surface area contributed by atoms with Gasteiger partial charge in [-0.25, -0.2) is 9.59 Å². The lowest BCUT2D eigenvalue weighted by atomic mass is 9.96. The highest BCUT2D eigenvalue weighted by Crippen LogP contribution is 2.21. The number of anilines is 1. The summed E-state index contributed by atoms with van der Waals surface area (Å²) in [5.41, 5.74) is 0.691. The number of hydrogen-bond donors (Lipinski definition) is 2. The van der Waals surface area contributed by atoms with Gasteiger partial charge in [-0.3, -0.25) is 4.79 Å². The molecule has 7 nitrogen and oxygen atoms in total. The number of amides is 1. The van der Waals surface area contributed by atoms with Crippen LogP contribution in [0.1, 0.15) is 55.3 Å². The van der Waals surface area contributed by atoms with Crippen LogP contribution in [0.4, 0.5) is 5.69 Å². The average Bonchev–Trinajstić information content (AvgIpc) is 2.68. The Hall–Kier alpha value is -2.83.